The summed E-state index contributed by atoms with van der Waals surface area (Å²) in [5.74, 6) is 5.14. The molecule has 0 aliphatic carbocycles. The summed E-state index contributed by atoms with van der Waals surface area (Å²) < 4.78 is 13.4. The zero-order valence-corrected chi connectivity index (χ0v) is 12.5. The van der Waals surface area contributed by atoms with E-state index in [1.807, 2.05) is 0 Å². The van der Waals surface area contributed by atoms with Gasteiger partial charge in [0.15, 0.2) is 5.78 Å². The number of para-hydroxylation sites is 1. The van der Waals surface area contributed by atoms with E-state index in [1.165, 1.54) is 19.1 Å². The van der Waals surface area contributed by atoms with Crippen LogP contribution in [-0.4, -0.2) is 18.4 Å². The number of rotatable bonds is 3. The van der Waals surface area contributed by atoms with Crippen LogP contribution in [0.1, 0.15) is 22.8 Å². The Hall–Kier alpha value is -3.13. The summed E-state index contributed by atoms with van der Waals surface area (Å²) in [5.41, 5.74) is 1.47. The Labute approximate surface area is 133 Å². The number of nitrogens with one attached hydrogen (secondary N) is 2. The van der Waals surface area contributed by atoms with E-state index < -0.39 is 11.8 Å². The molecule has 0 saturated carbocycles. The van der Waals surface area contributed by atoms with E-state index in [0.717, 1.165) is 5.56 Å². The number of carbonyl (C=O) groups excluding carboxylic acids is 2. The number of halogens is 1. The van der Waals surface area contributed by atoms with Gasteiger partial charge in [-0.2, -0.15) is 0 Å². The van der Waals surface area contributed by atoms with Gasteiger partial charge in [0.05, 0.1) is 12.2 Å². The van der Waals surface area contributed by atoms with Crippen LogP contribution in [-0.2, 0) is 0 Å². The van der Waals surface area contributed by atoms with E-state index in [-0.39, 0.29) is 18.0 Å². The summed E-state index contributed by atoms with van der Waals surface area (Å²) in [4.78, 5) is 22.8. The van der Waals surface area contributed by atoms with Crippen molar-refractivity contribution in [3.05, 3.63) is 65.5 Å². The Morgan fingerprint density at radius 1 is 1.09 bits per heavy atom. The molecular weight excluding hydrogens is 295 g/mol. The van der Waals surface area contributed by atoms with E-state index in [2.05, 4.69) is 22.5 Å². The highest BCUT2D eigenvalue weighted by atomic mass is 19.1. The number of amides is 2. The van der Waals surface area contributed by atoms with Crippen molar-refractivity contribution in [1.82, 2.24) is 5.32 Å². The number of Topliss-reactive ketones (excluding diaryl/α,β-unsaturated/α-hetero) is 1. The van der Waals surface area contributed by atoms with Crippen LogP contribution in [0.15, 0.2) is 48.5 Å². The Balaban J connectivity index is 1.84. The number of urea groups is 1. The summed E-state index contributed by atoms with van der Waals surface area (Å²) in [7, 11) is 0. The molecule has 0 aromatic heterocycles. The van der Waals surface area contributed by atoms with Gasteiger partial charge in [0.1, 0.15) is 5.82 Å². The first-order valence-corrected chi connectivity index (χ1v) is 6.95. The summed E-state index contributed by atoms with van der Waals surface area (Å²) in [6.45, 7) is 1.62. The topological polar surface area (TPSA) is 58.2 Å². The number of carbonyl (C=O) groups is 2. The van der Waals surface area contributed by atoms with Gasteiger partial charge in [-0.25, -0.2) is 9.18 Å². The summed E-state index contributed by atoms with van der Waals surface area (Å²) in [6.07, 6.45) is 0. The van der Waals surface area contributed by atoms with E-state index in [1.54, 1.807) is 36.4 Å². The minimum atomic E-state index is -0.531. The summed E-state index contributed by atoms with van der Waals surface area (Å²) >= 11 is 0. The van der Waals surface area contributed by atoms with Gasteiger partial charge in [0, 0.05) is 11.1 Å². The molecule has 23 heavy (non-hydrogen) atoms. The molecule has 2 N–H and O–H groups in total. The Morgan fingerprint density at radius 2 is 1.78 bits per heavy atom. The minimum Gasteiger partial charge on any atom is -0.327 e. The van der Waals surface area contributed by atoms with Gasteiger partial charge in [0.2, 0.25) is 0 Å². The van der Waals surface area contributed by atoms with Crippen LogP contribution in [0.5, 0.6) is 0 Å². The summed E-state index contributed by atoms with van der Waals surface area (Å²) in [6, 6.07) is 12.2. The number of ketones is 1. The lowest BCUT2D eigenvalue weighted by Crippen LogP contribution is -2.29. The molecule has 0 unspecified atom stereocenters. The van der Waals surface area contributed by atoms with Crippen molar-refractivity contribution < 1.29 is 14.0 Å². The van der Waals surface area contributed by atoms with Gasteiger partial charge in [0.25, 0.3) is 0 Å². The van der Waals surface area contributed by atoms with Gasteiger partial charge >= 0.3 is 6.03 Å². The first kappa shape index (κ1) is 16.2. The van der Waals surface area contributed by atoms with Crippen molar-refractivity contribution in [2.75, 3.05) is 11.9 Å². The highest BCUT2D eigenvalue weighted by molar-refractivity contribution is 5.94. The first-order chi connectivity index (χ1) is 11.1. The van der Waals surface area contributed by atoms with Gasteiger partial charge in [-0.3, -0.25) is 4.79 Å². The van der Waals surface area contributed by atoms with Gasteiger partial charge in [-0.15, -0.1) is 0 Å². The molecule has 0 radical (unpaired) electrons. The van der Waals surface area contributed by atoms with Crippen molar-refractivity contribution in [1.29, 1.82) is 0 Å². The third-order valence-corrected chi connectivity index (χ3v) is 2.98. The van der Waals surface area contributed by atoms with E-state index >= 15 is 0 Å². The lowest BCUT2D eigenvalue weighted by atomic mass is 10.1. The van der Waals surface area contributed by atoms with Crippen molar-refractivity contribution >= 4 is 17.5 Å². The molecule has 2 amide bonds. The standard InChI is InChI=1S/C18H15FN2O2/c1-13(22)15-10-8-14(9-11-15)5-4-12-20-18(23)21-17-7-3-2-6-16(17)19/h2-3,6-11H,12H2,1H3,(H2,20,21,23). The zero-order chi connectivity index (χ0) is 16.7. The molecule has 0 aliphatic heterocycles. The maximum atomic E-state index is 13.4. The van der Waals surface area contributed by atoms with E-state index in [4.69, 9.17) is 0 Å². The average molecular weight is 310 g/mol. The van der Waals surface area contributed by atoms with Crippen LogP contribution in [0.25, 0.3) is 0 Å². The quantitative estimate of drug-likeness (QED) is 0.675. The Bertz CT molecular complexity index is 774. The summed E-state index contributed by atoms with van der Waals surface area (Å²) in [5, 5.41) is 4.91. The smallest absolute Gasteiger partial charge is 0.320 e. The van der Waals surface area contributed by atoms with Gasteiger partial charge in [-0.1, -0.05) is 36.1 Å². The highest BCUT2D eigenvalue weighted by Crippen LogP contribution is 2.11. The molecule has 0 spiro atoms. The number of hydrogen-bond acceptors (Lipinski definition) is 2. The zero-order valence-electron chi connectivity index (χ0n) is 12.5. The lowest BCUT2D eigenvalue weighted by Gasteiger charge is -2.05. The predicted molar refractivity (Wildman–Crippen MR) is 86.7 cm³/mol. The second kappa shape index (κ2) is 7.76. The van der Waals surface area contributed by atoms with Gasteiger partial charge < -0.3 is 10.6 Å². The average Bonchev–Trinajstić information content (AvgIpc) is 2.54. The molecule has 2 aromatic rings. The molecule has 4 nitrogen and oxygen atoms in total. The van der Waals surface area contributed by atoms with Crippen LogP contribution in [0, 0.1) is 17.7 Å². The largest absolute Gasteiger partial charge is 0.327 e. The first-order valence-electron chi connectivity index (χ1n) is 6.95. The molecule has 0 fully saturated rings. The lowest BCUT2D eigenvalue weighted by molar-refractivity contribution is 0.101. The van der Waals surface area contributed by atoms with Crippen LogP contribution < -0.4 is 10.6 Å². The number of hydrogen-bond donors (Lipinski definition) is 2. The number of anilines is 1. The van der Waals surface area contributed by atoms with Gasteiger partial charge in [-0.05, 0) is 31.2 Å². The highest BCUT2D eigenvalue weighted by Gasteiger charge is 2.04. The molecule has 5 heteroatoms. The van der Waals surface area contributed by atoms with Crippen LogP contribution in [0.2, 0.25) is 0 Å². The maximum Gasteiger partial charge on any atom is 0.320 e. The second-order valence-corrected chi connectivity index (χ2v) is 4.72. The van der Waals surface area contributed by atoms with Crippen molar-refractivity contribution in [3.63, 3.8) is 0 Å². The van der Waals surface area contributed by atoms with Crippen molar-refractivity contribution in [2.45, 2.75) is 6.92 Å². The third kappa shape index (κ3) is 4.97. The monoisotopic (exact) mass is 310 g/mol. The van der Waals surface area contributed by atoms with Crippen LogP contribution >= 0.6 is 0 Å². The predicted octanol–water partition coefficient (Wildman–Crippen LogP) is 3.20. The van der Waals surface area contributed by atoms with E-state index in [0.29, 0.717) is 5.56 Å². The molecule has 0 heterocycles. The molecule has 2 rings (SSSR count). The fraction of sp³-hybridized carbons (Fsp3) is 0.111. The van der Waals surface area contributed by atoms with Crippen molar-refractivity contribution in [3.8, 4) is 11.8 Å². The molecule has 116 valence electrons. The SMILES string of the molecule is CC(=O)c1ccc(C#CCNC(=O)Nc2ccccc2F)cc1. The second-order valence-electron chi connectivity index (χ2n) is 4.72. The normalized spacial score (nSPS) is 9.48. The third-order valence-electron chi connectivity index (χ3n) is 2.98. The fourth-order valence-corrected chi connectivity index (χ4v) is 1.79. The molecule has 0 aliphatic rings. The fourth-order valence-electron chi connectivity index (χ4n) is 1.79. The minimum absolute atomic E-state index is 0.00371. The molecular formula is C18H15FN2O2. The molecule has 0 saturated heterocycles. The molecule has 0 atom stereocenters. The Morgan fingerprint density at radius 3 is 2.43 bits per heavy atom. The number of benzene rings is 2. The van der Waals surface area contributed by atoms with Crippen molar-refractivity contribution in [2.24, 2.45) is 0 Å². The van der Waals surface area contributed by atoms with E-state index in [9.17, 15) is 14.0 Å². The maximum absolute atomic E-state index is 13.4. The van der Waals surface area contributed by atoms with Crippen LogP contribution in [0.3, 0.4) is 0 Å². The van der Waals surface area contributed by atoms with Crippen LogP contribution in [0.4, 0.5) is 14.9 Å². The molecule has 0 bridgehead atoms. The molecule has 2 aromatic carbocycles. The Kier molecular flexibility index (Phi) is 5.48.